The van der Waals surface area contributed by atoms with Crippen molar-refractivity contribution >= 4 is 86.9 Å². The van der Waals surface area contributed by atoms with Crippen LogP contribution in [0.15, 0.2) is 99.9 Å². The summed E-state index contributed by atoms with van der Waals surface area (Å²) in [6.07, 6.45) is -0.781. The van der Waals surface area contributed by atoms with E-state index < -0.39 is 65.3 Å². The normalized spacial score (nSPS) is 16.0. The van der Waals surface area contributed by atoms with E-state index >= 15 is 0 Å². The third-order valence-corrected chi connectivity index (χ3v) is 12.8. The highest BCUT2D eigenvalue weighted by molar-refractivity contribution is 8.01. The van der Waals surface area contributed by atoms with E-state index in [1.54, 1.807) is 0 Å². The minimum atomic E-state index is -1.06. The number of phenolic OH excluding ortho intramolecular Hbond substituents is 2. The zero-order chi connectivity index (χ0) is 40.9. The zero-order valence-electron chi connectivity index (χ0n) is 30.2. The second-order valence-electron chi connectivity index (χ2n) is 12.6. The summed E-state index contributed by atoms with van der Waals surface area (Å²) in [5.41, 5.74) is 12.3. The van der Waals surface area contributed by atoms with E-state index in [2.05, 4.69) is 31.3 Å². The summed E-state index contributed by atoms with van der Waals surface area (Å²) < 4.78 is 6.93. The van der Waals surface area contributed by atoms with Crippen molar-refractivity contribution in [3.05, 3.63) is 117 Å². The number of nitrogens with two attached hydrogens (primary N) is 1. The van der Waals surface area contributed by atoms with Crippen molar-refractivity contribution in [1.82, 2.24) is 36.2 Å². The molecule has 0 spiro atoms. The number of anilines is 2. The molecule has 2 aliphatic heterocycles. The van der Waals surface area contributed by atoms with E-state index in [0.29, 0.717) is 21.4 Å². The highest BCUT2D eigenvalue weighted by atomic mass is 32.2. The molecule has 4 heterocycles. The summed E-state index contributed by atoms with van der Waals surface area (Å²) in [6, 6.07) is 19.8. The number of rotatable bonds is 12. The molecule has 58 heavy (non-hydrogen) atoms. The van der Waals surface area contributed by atoms with Crippen LogP contribution in [0.1, 0.15) is 32.6 Å². The number of esters is 1. The fraction of sp³-hybridized carbons (Fsp3) is 0.189. The Kier molecular flexibility index (Phi) is 12.1. The number of ether oxygens (including phenoxy) is 1. The molecule has 0 saturated carbocycles. The SMILES string of the molecule is Cc1nnc(SCC2=C(C(=O)OC(c3ccccc3)c3ccccc3)N3C(=O)C(NC(=O)CN(C(=O)NNC(=O)c4ccc(O)c(O)c4)c4csc(N)n4)C3SC2)s1. The number of aromatic hydroxyl groups is 2. The Morgan fingerprint density at radius 2 is 1.71 bits per heavy atom. The van der Waals surface area contributed by atoms with Crippen LogP contribution in [-0.2, 0) is 19.1 Å². The fourth-order valence-electron chi connectivity index (χ4n) is 5.95. The topological polar surface area (TPSA) is 242 Å². The number of aromatic nitrogens is 3. The van der Waals surface area contributed by atoms with Gasteiger partial charge in [0.1, 0.15) is 28.7 Å². The number of hydrogen-bond donors (Lipinski definition) is 6. The van der Waals surface area contributed by atoms with Gasteiger partial charge >= 0.3 is 12.0 Å². The third-order valence-electron chi connectivity index (χ3n) is 8.72. The number of carbonyl (C=O) groups is 5. The first-order valence-corrected chi connectivity index (χ1v) is 21.0. The monoisotopic (exact) mass is 859 g/mol. The number of carbonyl (C=O) groups excluding carboxylic acids is 5. The molecule has 17 nitrogen and oxygen atoms in total. The van der Waals surface area contributed by atoms with E-state index in [1.165, 1.54) is 51.2 Å². The van der Waals surface area contributed by atoms with Crippen LogP contribution in [0.3, 0.4) is 0 Å². The van der Waals surface area contributed by atoms with Crippen molar-refractivity contribution in [3.8, 4) is 11.5 Å². The highest BCUT2D eigenvalue weighted by Crippen LogP contribution is 2.43. The van der Waals surface area contributed by atoms with Gasteiger partial charge in [0.05, 0.1) is 0 Å². The minimum Gasteiger partial charge on any atom is -0.504 e. The van der Waals surface area contributed by atoms with Gasteiger partial charge in [-0.25, -0.2) is 20.0 Å². The zero-order valence-corrected chi connectivity index (χ0v) is 33.5. The fourth-order valence-corrected chi connectivity index (χ4v) is 9.81. The van der Waals surface area contributed by atoms with Gasteiger partial charge in [-0.05, 0) is 41.8 Å². The van der Waals surface area contributed by atoms with Crippen molar-refractivity contribution < 1.29 is 38.9 Å². The lowest BCUT2D eigenvalue weighted by Gasteiger charge is -2.50. The molecule has 2 aromatic heterocycles. The predicted molar refractivity (Wildman–Crippen MR) is 218 cm³/mol. The van der Waals surface area contributed by atoms with E-state index in [0.717, 1.165) is 44.5 Å². The van der Waals surface area contributed by atoms with E-state index in [-0.39, 0.29) is 22.2 Å². The molecule has 298 valence electrons. The van der Waals surface area contributed by atoms with Crippen molar-refractivity contribution in [2.24, 2.45) is 0 Å². The molecular weight excluding hydrogens is 827 g/mol. The molecule has 7 rings (SSSR count). The Balaban J connectivity index is 1.08. The number of thiazole rings is 1. The summed E-state index contributed by atoms with van der Waals surface area (Å²) in [5, 5.41) is 31.9. The molecule has 5 amide bonds. The van der Waals surface area contributed by atoms with E-state index in [1.807, 2.05) is 67.6 Å². The minimum absolute atomic E-state index is 0.00704. The van der Waals surface area contributed by atoms with Gasteiger partial charge in [0.2, 0.25) is 5.91 Å². The number of amides is 5. The average molecular weight is 860 g/mol. The van der Waals surface area contributed by atoms with E-state index in [4.69, 9.17) is 10.5 Å². The molecule has 5 aromatic rings. The van der Waals surface area contributed by atoms with Crippen LogP contribution in [-0.4, -0.2) is 89.5 Å². The van der Waals surface area contributed by atoms with Gasteiger partial charge in [-0.2, -0.15) is 0 Å². The summed E-state index contributed by atoms with van der Waals surface area (Å²) in [7, 11) is 0. The molecule has 21 heteroatoms. The average Bonchev–Trinajstić information content (AvgIpc) is 3.87. The van der Waals surface area contributed by atoms with Gasteiger partial charge < -0.3 is 26.0 Å². The second-order valence-corrected chi connectivity index (χ2v) is 17.0. The maximum Gasteiger partial charge on any atom is 0.356 e. The van der Waals surface area contributed by atoms with Crippen molar-refractivity contribution in [1.29, 1.82) is 0 Å². The van der Waals surface area contributed by atoms with Gasteiger partial charge in [0, 0.05) is 22.4 Å². The lowest BCUT2D eigenvalue weighted by atomic mass is 10.0. The smallest absolute Gasteiger partial charge is 0.356 e. The molecule has 1 fully saturated rings. The first-order chi connectivity index (χ1) is 28.0. The number of hydrazine groups is 1. The lowest BCUT2D eigenvalue weighted by Crippen LogP contribution is -2.71. The molecule has 7 N–H and O–H groups in total. The van der Waals surface area contributed by atoms with Crippen LogP contribution in [0.25, 0.3) is 0 Å². The Morgan fingerprint density at radius 3 is 2.33 bits per heavy atom. The Labute approximate surface area is 346 Å². The number of phenols is 2. The summed E-state index contributed by atoms with van der Waals surface area (Å²) >= 11 is 5.17. The molecule has 1 saturated heterocycles. The van der Waals surface area contributed by atoms with Crippen LogP contribution in [0, 0.1) is 6.92 Å². The number of thioether (sulfide) groups is 2. The van der Waals surface area contributed by atoms with Gasteiger partial charge in [0.15, 0.2) is 32.9 Å². The third kappa shape index (κ3) is 8.86. The van der Waals surface area contributed by atoms with Crippen molar-refractivity contribution in [3.63, 3.8) is 0 Å². The van der Waals surface area contributed by atoms with Crippen molar-refractivity contribution in [2.75, 3.05) is 28.7 Å². The number of hydrogen-bond acceptors (Lipinski definition) is 16. The van der Waals surface area contributed by atoms with Crippen LogP contribution in [0.5, 0.6) is 11.5 Å². The predicted octanol–water partition coefficient (Wildman–Crippen LogP) is 3.94. The first-order valence-electron chi connectivity index (χ1n) is 17.3. The summed E-state index contributed by atoms with van der Waals surface area (Å²) in [6.45, 7) is 1.20. The van der Waals surface area contributed by atoms with Crippen LogP contribution >= 0.6 is 46.2 Å². The Bertz CT molecular complexity index is 2360. The molecule has 0 radical (unpaired) electrons. The number of β-lactam (4-membered cyclic amide) rings is 1. The molecule has 2 unspecified atom stereocenters. The van der Waals surface area contributed by atoms with Crippen LogP contribution in [0.4, 0.5) is 15.7 Å². The number of nitrogens with one attached hydrogen (secondary N) is 3. The molecular formula is C37H33N9O8S4. The summed E-state index contributed by atoms with van der Waals surface area (Å²) in [5.74, 6) is -3.18. The standard InChI is InChI=1S/C37H33N9O8S4/c1-19-41-44-37(58-19)57-17-23-16-55-33-28(32(51)46(33)29(23)34(52)54-30(20-8-4-2-5-9-20)21-10-6-3-7-11-21)40-27(49)15-45(26-18-56-35(38)39-26)36(53)43-42-31(50)22-12-13-24(47)25(48)14-22/h2-14,18,28,30,33,47-48H,15-17H2,1H3,(H2,38,39)(H,40,49)(H,42,50)(H,43,53). The maximum absolute atomic E-state index is 14.3. The first kappa shape index (κ1) is 40.1. The van der Waals surface area contributed by atoms with E-state index in [9.17, 15) is 34.2 Å². The quantitative estimate of drug-likeness (QED) is 0.0343. The van der Waals surface area contributed by atoms with Crippen molar-refractivity contribution in [2.45, 2.75) is 28.8 Å². The van der Waals surface area contributed by atoms with Gasteiger partial charge in [-0.15, -0.1) is 33.3 Å². The van der Waals surface area contributed by atoms with Crippen LogP contribution < -0.4 is 26.8 Å². The number of fused-ring (bicyclic) bond motifs is 1. The van der Waals surface area contributed by atoms with Gasteiger partial charge in [0.25, 0.3) is 11.8 Å². The van der Waals surface area contributed by atoms with Crippen LogP contribution in [0.2, 0.25) is 0 Å². The Hall–Kier alpha value is -6.16. The second kappa shape index (κ2) is 17.5. The lowest BCUT2D eigenvalue weighted by molar-refractivity contribution is -0.154. The molecule has 3 aromatic carbocycles. The number of nitrogens with zero attached hydrogens (tertiary/aromatic N) is 5. The number of benzene rings is 3. The molecule has 0 aliphatic carbocycles. The number of nitrogen functional groups attached to an aromatic ring is 1. The molecule has 2 aliphatic rings. The molecule has 2 atom stereocenters. The summed E-state index contributed by atoms with van der Waals surface area (Å²) in [4.78, 5) is 74.2. The Morgan fingerprint density at radius 1 is 1.00 bits per heavy atom. The van der Waals surface area contributed by atoms with Gasteiger partial charge in [-0.3, -0.25) is 29.6 Å². The molecule has 0 bridgehead atoms. The highest BCUT2D eigenvalue weighted by Gasteiger charge is 2.54. The largest absolute Gasteiger partial charge is 0.504 e. The number of urea groups is 1. The number of aryl methyl sites for hydroxylation is 1. The van der Waals surface area contributed by atoms with Gasteiger partial charge in [-0.1, -0.05) is 83.8 Å². The maximum atomic E-state index is 14.3.